The van der Waals surface area contributed by atoms with Gasteiger partial charge in [-0.1, -0.05) is 0 Å². The zero-order chi connectivity index (χ0) is 22.7. The van der Waals surface area contributed by atoms with Gasteiger partial charge in [-0.15, -0.1) is 11.3 Å². The summed E-state index contributed by atoms with van der Waals surface area (Å²) in [5, 5.41) is 7.35. The molecular weight excluding hydrogens is 438 g/mol. The van der Waals surface area contributed by atoms with Gasteiger partial charge >= 0.3 is 0 Å². The lowest BCUT2D eigenvalue weighted by atomic mass is 10.0. The number of anilines is 2. The third-order valence-electron chi connectivity index (χ3n) is 6.90. The second-order valence-corrected chi connectivity index (χ2v) is 10.4. The van der Waals surface area contributed by atoms with Crippen molar-refractivity contribution in [2.24, 2.45) is 7.05 Å². The SMILES string of the molecule is Cn1nccc1Nc1nccc(-c2cc3c(s2)C(C)(C)N(CCN2CCO[C@H]4CC42)C3=O)n1. The molecule has 2 aliphatic heterocycles. The highest BCUT2D eigenvalue weighted by molar-refractivity contribution is 7.16. The first-order valence-corrected chi connectivity index (χ1v) is 12.1. The summed E-state index contributed by atoms with van der Waals surface area (Å²) in [4.78, 5) is 29.0. The van der Waals surface area contributed by atoms with E-state index in [0.29, 0.717) is 18.1 Å². The van der Waals surface area contributed by atoms with Crippen LogP contribution in [0.2, 0.25) is 0 Å². The predicted molar refractivity (Wildman–Crippen MR) is 126 cm³/mol. The van der Waals surface area contributed by atoms with Crippen molar-refractivity contribution in [2.45, 2.75) is 38.0 Å². The Morgan fingerprint density at radius 2 is 2.15 bits per heavy atom. The Morgan fingerprint density at radius 1 is 1.27 bits per heavy atom. The smallest absolute Gasteiger partial charge is 0.255 e. The Hall–Kier alpha value is -2.82. The Kier molecular flexibility index (Phi) is 4.79. The molecule has 2 atom stereocenters. The zero-order valence-corrected chi connectivity index (χ0v) is 19.8. The number of aromatic nitrogens is 4. The molecule has 3 aromatic rings. The Labute approximate surface area is 196 Å². The van der Waals surface area contributed by atoms with Gasteiger partial charge in [-0.3, -0.25) is 14.4 Å². The molecule has 33 heavy (non-hydrogen) atoms. The van der Waals surface area contributed by atoms with Gasteiger partial charge in [0.15, 0.2) is 0 Å². The van der Waals surface area contributed by atoms with Crippen molar-refractivity contribution in [3.63, 3.8) is 0 Å². The van der Waals surface area contributed by atoms with E-state index in [-0.39, 0.29) is 11.4 Å². The maximum Gasteiger partial charge on any atom is 0.255 e. The lowest BCUT2D eigenvalue weighted by Gasteiger charge is -2.35. The molecule has 1 amide bonds. The minimum absolute atomic E-state index is 0.111. The molecule has 1 unspecified atom stereocenters. The van der Waals surface area contributed by atoms with Gasteiger partial charge in [0.05, 0.1) is 40.6 Å². The molecule has 5 heterocycles. The van der Waals surface area contributed by atoms with Gasteiger partial charge < -0.3 is 15.0 Å². The lowest BCUT2D eigenvalue weighted by Crippen LogP contribution is -2.46. The minimum Gasteiger partial charge on any atom is -0.375 e. The summed E-state index contributed by atoms with van der Waals surface area (Å²) in [7, 11) is 1.86. The van der Waals surface area contributed by atoms with E-state index in [9.17, 15) is 4.79 Å². The van der Waals surface area contributed by atoms with Crippen LogP contribution in [0.5, 0.6) is 0 Å². The van der Waals surface area contributed by atoms with Crippen LogP contribution < -0.4 is 5.32 Å². The fourth-order valence-corrected chi connectivity index (χ4v) is 6.15. The number of rotatable bonds is 6. The van der Waals surface area contributed by atoms with Crippen molar-refractivity contribution in [3.05, 3.63) is 41.0 Å². The van der Waals surface area contributed by atoms with E-state index >= 15 is 0 Å². The summed E-state index contributed by atoms with van der Waals surface area (Å²) >= 11 is 1.65. The Morgan fingerprint density at radius 3 is 2.94 bits per heavy atom. The first kappa shape index (κ1) is 20.8. The van der Waals surface area contributed by atoms with Gasteiger partial charge in [0.1, 0.15) is 5.82 Å². The number of fused-ring (bicyclic) bond motifs is 2. The van der Waals surface area contributed by atoms with Crippen LogP contribution in [0.4, 0.5) is 11.8 Å². The summed E-state index contributed by atoms with van der Waals surface area (Å²) in [5.41, 5.74) is 1.26. The number of nitrogens with one attached hydrogen (secondary N) is 1. The molecule has 10 heteroatoms. The average molecular weight is 466 g/mol. The summed E-state index contributed by atoms with van der Waals surface area (Å²) < 4.78 is 7.44. The van der Waals surface area contributed by atoms with E-state index in [1.807, 2.05) is 30.1 Å². The second-order valence-electron chi connectivity index (χ2n) is 9.35. The number of thiophene rings is 1. The molecule has 0 aromatic carbocycles. The van der Waals surface area contributed by atoms with E-state index in [1.54, 1.807) is 28.4 Å². The molecule has 6 rings (SSSR count). The number of carbonyl (C=O) groups is 1. The summed E-state index contributed by atoms with van der Waals surface area (Å²) in [6.45, 7) is 7.68. The zero-order valence-electron chi connectivity index (χ0n) is 19.0. The first-order chi connectivity index (χ1) is 15.9. The number of morpholine rings is 1. The van der Waals surface area contributed by atoms with Crippen molar-refractivity contribution in [2.75, 3.05) is 31.6 Å². The monoisotopic (exact) mass is 465 g/mol. The van der Waals surface area contributed by atoms with E-state index in [2.05, 4.69) is 39.1 Å². The van der Waals surface area contributed by atoms with Gasteiger partial charge in [-0.2, -0.15) is 5.10 Å². The molecule has 0 spiro atoms. The van der Waals surface area contributed by atoms with Gasteiger partial charge in [0.2, 0.25) is 5.95 Å². The topological polar surface area (TPSA) is 88.4 Å². The average Bonchev–Trinajstić information content (AvgIpc) is 3.21. The quantitative estimate of drug-likeness (QED) is 0.599. The number of hydrogen-bond acceptors (Lipinski definition) is 8. The van der Waals surface area contributed by atoms with Crippen LogP contribution in [0, 0.1) is 0 Å². The molecule has 3 aliphatic rings. The summed E-state index contributed by atoms with van der Waals surface area (Å²) in [6, 6.07) is 6.29. The lowest BCUT2D eigenvalue weighted by molar-refractivity contribution is 0.0217. The predicted octanol–water partition coefficient (Wildman–Crippen LogP) is 2.85. The summed E-state index contributed by atoms with van der Waals surface area (Å²) in [5.74, 6) is 1.42. The molecular formula is C23H27N7O2S. The maximum absolute atomic E-state index is 13.4. The van der Waals surface area contributed by atoms with Crippen LogP contribution in [0.1, 0.15) is 35.5 Å². The van der Waals surface area contributed by atoms with Crippen molar-refractivity contribution < 1.29 is 9.53 Å². The molecule has 1 saturated carbocycles. The molecule has 172 valence electrons. The second kappa shape index (κ2) is 7.61. The van der Waals surface area contributed by atoms with Crippen LogP contribution in [-0.4, -0.2) is 73.8 Å². The number of carbonyl (C=O) groups excluding carboxylic acids is 1. The number of aryl methyl sites for hydroxylation is 1. The van der Waals surface area contributed by atoms with E-state index in [4.69, 9.17) is 4.74 Å². The maximum atomic E-state index is 13.4. The van der Waals surface area contributed by atoms with E-state index in [1.165, 1.54) is 0 Å². The van der Waals surface area contributed by atoms with Crippen molar-refractivity contribution in [3.8, 4) is 10.6 Å². The van der Waals surface area contributed by atoms with Crippen molar-refractivity contribution >= 4 is 29.0 Å². The standard InChI is InChI=1S/C23H27N7O2S/c1-23(2)20-14(21(31)30(23)9-8-29-10-11-32-17-13-16(17)29)12-18(33-20)15-4-6-24-22(26-15)27-19-5-7-25-28(19)3/h4-7,12,16-17H,8-11,13H2,1-3H3,(H,24,26,27)/t16?,17-/m0/s1. The third kappa shape index (κ3) is 3.53. The normalized spacial score (nSPS) is 23.5. The molecule has 1 aliphatic carbocycles. The Balaban J connectivity index is 1.21. The molecule has 0 bridgehead atoms. The largest absolute Gasteiger partial charge is 0.375 e. The van der Waals surface area contributed by atoms with E-state index in [0.717, 1.165) is 59.5 Å². The molecule has 1 saturated heterocycles. The number of ether oxygens (including phenoxy) is 1. The molecule has 9 nitrogen and oxygen atoms in total. The van der Waals surface area contributed by atoms with Crippen LogP contribution in [0.15, 0.2) is 30.6 Å². The van der Waals surface area contributed by atoms with Crippen LogP contribution >= 0.6 is 11.3 Å². The van der Waals surface area contributed by atoms with Crippen LogP contribution in [0.25, 0.3) is 10.6 Å². The Bertz CT molecular complexity index is 1220. The first-order valence-electron chi connectivity index (χ1n) is 11.3. The molecule has 0 radical (unpaired) electrons. The fourth-order valence-electron chi connectivity index (χ4n) is 4.92. The fraction of sp³-hybridized carbons (Fsp3) is 0.478. The van der Waals surface area contributed by atoms with Crippen LogP contribution in [-0.2, 0) is 17.3 Å². The number of nitrogens with zero attached hydrogens (tertiary/aromatic N) is 6. The van der Waals surface area contributed by atoms with Crippen molar-refractivity contribution in [1.82, 2.24) is 29.5 Å². The highest BCUT2D eigenvalue weighted by Gasteiger charge is 2.48. The van der Waals surface area contributed by atoms with Crippen molar-refractivity contribution in [1.29, 1.82) is 0 Å². The highest BCUT2D eigenvalue weighted by atomic mass is 32.1. The number of hydrogen-bond donors (Lipinski definition) is 1. The molecule has 2 fully saturated rings. The van der Waals surface area contributed by atoms with E-state index < -0.39 is 0 Å². The minimum atomic E-state index is -0.340. The highest BCUT2D eigenvalue weighted by Crippen LogP contribution is 2.46. The number of amides is 1. The van der Waals surface area contributed by atoms with Gasteiger partial charge in [0.25, 0.3) is 5.91 Å². The van der Waals surface area contributed by atoms with Crippen LogP contribution in [0.3, 0.4) is 0 Å². The van der Waals surface area contributed by atoms with Gasteiger partial charge in [-0.05, 0) is 32.4 Å². The van der Waals surface area contributed by atoms with Gasteiger partial charge in [-0.25, -0.2) is 9.97 Å². The third-order valence-corrected chi connectivity index (χ3v) is 8.37. The summed E-state index contributed by atoms with van der Waals surface area (Å²) in [6.07, 6.45) is 5.00. The molecule has 1 N–H and O–H groups in total. The van der Waals surface area contributed by atoms with Gasteiger partial charge in [0, 0.05) is 49.9 Å². The molecule has 3 aromatic heterocycles.